The van der Waals surface area contributed by atoms with Crippen molar-refractivity contribution in [1.29, 1.82) is 0 Å². The van der Waals surface area contributed by atoms with Crippen LogP contribution < -0.4 is 0 Å². The van der Waals surface area contributed by atoms with Gasteiger partial charge in [-0.25, -0.2) is 17.2 Å². The Balaban J connectivity index is 2.14. The zero-order valence-corrected chi connectivity index (χ0v) is 11.9. The summed E-state index contributed by atoms with van der Waals surface area (Å²) in [5.74, 6) is -1.19. The number of sulfone groups is 1. The fourth-order valence-electron chi connectivity index (χ4n) is 2.41. The minimum atomic E-state index is -3.19. The summed E-state index contributed by atoms with van der Waals surface area (Å²) < 4.78 is 50.1. The Morgan fingerprint density at radius 1 is 1.32 bits per heavy atom. The molecule has 1 aliphatic heterocycles. The van der Waals surface area contributed by atoms with Crippen molar-refractivity contribution in [3.8, 4) is 0 Å². The van der Waals surface area contributed by atoms with Gasteiger partial charge in [0.15, 0.2) is 9.84 Å². The van der Waals surface area contributed by atoms with Gasteiger partial charge in [0.2, 0.25) is 0 Å². The standard InChI is InChI=1S/C13H15ClF2O2S/c14-11(13-3-1-2-6-19(13,17)18)7-9-4-5-10(15)8-12(9)16/h4-5,8,11,13H,1-3,6-7H2. The molecule has 0 aliphatic carbocycles. The van der Waals surface area contributed by atoms with E-state index in [2.05, 4.69) is 0 Å². The highest BCUT2D eigenvalue weighted by Crippen LogP contribution is 2.28. The van der Waals surface area contributed by atoms with Crippen molar-refractivity contribution in [3.63, 3.8) is 0 Å². The third-order valence-corrected chi connectivity index (χ3v) is 6.41. The summed E-state index contributed by atoms with van der Waals surface area (Å²) in [5, 5.41) is -1.31. The van der Waals surface area contributed by atoms with Gasteiger partial charge in [0.25, 0.3) is 0 Å². The lowest BCUT2D eigenvalue weighted by atomic mass is 10.0. The van der Waals surface area contributed by atoms with E-state index in [1.165, 1.54) is 6.07 Å². The number of alkyl halides is 1. The van der Waals surface area contributed by atoms with Crippen LogP contribution in [0.25, 0.3) is 0 Å². The quantitative estimate of drug-likeness (QED) is 0.804. The van der Waals surface area contributed by atoms with Gasteiger partial charge in [-0.1, -0.05) is 12.5 Å². The second kappa shape index (κ2) is 5.75. The van der Waals surface area contributed by atoms with Crippen LogP contribution in [0.2, 0.25) is 0 Å². The summed E-state index contributed by atoms with van der Waals surface area (Å²) in [6, 6.07) is 3.25. The van der Waals surface area contributed by atoms with E-state index in [1.807, 2.05) is 0 Å². The zero-order chi connectivity index (χ0) is 14.0. The first kappa shape index (κ1) is 14.7. The van der Waals surface area contributed by atoms with Crippen molar-refractivity contribution in [2.45, 2.75) is 36.3 Å². The summed E-state index contributed by atoms with van der Waals surface area (Å²) in [5.41, 5.74) is 0.252. The maximum absolute atomic E-state index is 13.5. The van der Waals surface area contributed by atoms with Crippen LogP contribution in [0.15, 0.2) is 18.2 Å². The zero-order valence-electron chi connectivity index (χ0n) is 10.3. The van der Waals surface area contributed by atoms with Crippen molar-refractivity contribution >= 4 is 21.4 Å². The first-order valence-electron chi connectivity index (χ1n) is 6.20. The molecule has 6 heteroatoms. The lowest BCUT2D eigenvalue weighted by molar-refractivity contribution is 0.523. The molecule has 2 atom stereocenters. The van der Waals surface area contributed by atoms with E-state index in [9.17, 15) is 17.2 Å². The lowest BCUT2D eigenvalue weighted by Gasteiger charge is -2.26. The third kappa shape index (κ3) is 3.45. The second-order valence-corrected chi connectivity index (χ2v) is 7.76. The maximum Gasteiger partial charge on any atom is 0.154 e. The van der Waals surface area contributed by atoms with E-state index >= 15 is 0 Å². The summed E-state index contributed by atoms with van der Waals surface area (Å²) in [4.78, 5) is 0. The first-order chi connectivity index (χ1) is 8.90. The first-order valence-corrected chi connectivity index (χ1v) is 8.35. The molecule has 19 heavy (non-hydrogen) atoms. The molecule has 1 fully saturated rings. The molecule has 0 radical (unpaired) electrons. The molecular weight excluding hydrogens is 294 g/mol. The van der Waals surface area contributed by atoms with Crippen LogP contribution in [0.3, 0.4) is 0 Å². The van der Waals surface area contributed by atoms with E-state index < -0.39 is 32.1 Å². The molecule has 1 heterocycles. The topological polar surface area (TPSA) is 34.1 Å². The number of rotatable bonds is 3. The normalized spacial score (nSPS) is 24.1. The Labute approximate surface area is 116 Å². The van der Waals surface area contributed by atoms with Crippen molar-refractivity contribution in [1.82, 2.24) is 0 Å². The highest BCUT2D eigenvalue weighted by molar-refractivity contribution is 7.92. The monoisotopic (exact) mass is 308 g/mol. The number of benzene rings is 1. The predicted molar refractivity (Wildman–Crippen MR) is 71.1 cm³/mol. The molecule has 1 aliphatic rings. The van der Waals surface area contributed by atoms with Crippen LogP contribution in [0.1, 0.15) is 24.8 Å². The number of hydrogen-bond acceptors (Lipinski definition) is 2. The van der Waals surface area contributed by atoms with Crippen LogP contribution in [-0.2, 0) is 16.3 Å². The molecule has 2 unspecified atom stereocenters. The van der Waals surface area contributed by atoms with Crippen molar-refractivity contribution in [2.24, 2.45) is 0 Å². The van der Waals surface area contributed by atoms with Crippen molar-refractivity contribution in [3.05, 3.63) is 35.4 Å². The molecule has 106 valence electrons. The van der Waals surface area contributed by atoms with Crippen LogP contribution in [0, 0.1) is 11.6 Å². The minimum Gasteiger partial charge on any atom is -0.228 e. The molecule has 2 rings (SSSR count). The largest absolute Gasteiger partial charge is 0.228 e. The van der Waals surface area contributed by atoms with Crippen LogP contribution in [0.4, 0.5) is 8.78 Å². The van der Waals surface area contributed by atoms with Gasteiger partial charge in [-0.2, -0.15) is 0 Å². The summed E-state index contributed by atoms with van der Waals surface area (Å²) in [6.45, 7) is 0. The molecular formula is C13H15ClF2O2S. The van der Waals surface area contributed by atoms with Gasteiger partial charge < -0.3 is 0 Å². The summed E-state index contributed by atoms with van der Waals surface area (Å²) >= 11 is 6.15. The molecule has 2 nitrogen and oxygen atoms in total. The Kier molecular flexibility index (Phi) is 4.46. The Morgan fingerprint density at radius 2 is 2.05 bits per heavy atom. The van der Waals surface area contributed by atoms with E-state index in [-0.39, 0.29) is 17.7 Å². The number of hydrogen-bond donors (Lipinski definition) is 0. The molecule has 0 amide bonds. The molecule has 1 aromatic carbocycles. The smallest absolute Gasteiger partial charge is 0.154 e. The van der Waals surface area contributed by atoms with Crippen molar-refractivity contribution in [2.75, 3.05) is 5.75 Å². The van der Waals surface area contributed by atoms with E-state index in [1.54, 1.807) is 0 Å². The third-order valence-electron chi connectivity index (χ3n) is 3.46. The number of halogens is 3. The van der Waals surface area contributed by atoms with Gasteiger partial charge in [0.1, 0.15) is 11.6 Å². The van der Waals surface area contributed by atoms with E-state index in [0.29, 0.717) is 12.8 Å². The minimum absolute atomic E-state index is 0.0948. The average molecular weight is 309 g/mol. The second-order valence-electron chi connectivity index (χ2n) is 4.86. The molecule has 0 aromatic heterocycles. The fourth-order valence-corrected chi connectivity index (χ4v) is 5.16. The molecule has 1 aromatic rings. The Bertz CT molecular complexity index is 560. The van der Waals surface area contributed by atoms with Gasteiger partial charge in [-0.3, -0.25) is 0 Å². The Hall–Kier alpha value is -0.680. The SMILES string of the molecule is O=S1(=O)CCCCC1C(Cl)Cc1ccc(F)cc1F. The van der Waals surface area contributed by atoms with Crippen LogP contribution in [0.5, 0.6) is 0 Å². The van der Waals surface area contributed by atoms with E-state index in [0.717, 1.165) is 18.6 Å². The molecule has 0 N–H and O–H groups in total. The molecule has 0 spiro atoms. The van der Waals surface area contributed by atoms with Crippen LogP contribution >= 0.6 is 11.6 Å². The highest BCUT2D eigenvalue weighted by atomic mass is 35.5. The van der Waals surface area contributed by atoms with Crippen molar-refractivity contribution < 1.29 is 17.2 Å². The molecule has 0 bridgehead atoms. The van der Waals surface area contributed by atoms with Gasteiger partial charge in [0, 0.05) is 6.07 Å². The van der Waals surface area contributed by atoms with Gasteiger partial charge in [0.05, 0.1) is 16.4 Å². The maximum atomic E-state index is 13.5. The Morgan fingerprint density at radius 3 is 2.68 bits per heavy atom. The fraction of sp³-hybridized carbons (Fsp3) is 0.538. The lowest BCUT2D eigenvalue weighted by Crippen LogP contribution is -2.36. The van der Waals surface area contributed by atoms with Crippen LogP contribution in [-0.4, -0.2) is 24.8 Å². The summed E-state index contributed by atoms with van der Waals surface area (Å²) in [7, 11) is -3.19. The molecule has 0 saturated carbocycles. The molecule has 1 saturated heterocycles. The average Bonchev–Trinajstić information content (AvgIpc) is 2.32. The van der Waals surface area contributed by atoms with E-state index in [4.69, 9.17) is 11.6 Å². The summed E-state index contributed by atoms with van der Waals surface area (Å²) in [6.07, 6.45) is 2.09. The predicted octanol–water partition coefficient (Wildman–Crippen LogP) is 3.08. The van der Waals surface area contributed by atoms with Gasteiger partial charge >= 0.3 is 0 Å². The van der Waals surface area contributed by atoms with Gasteiger partial charge in [-0.15, -0.1) is 11.6 Å². The van der Waals surface area contributed by atoms with Gasteiger partial charge in [-0.05, 0) is 30.9 Å². The highest BCUT2D eigenvalue weighted by Gasteiger charge is 2.34.